The number of rotatable bonds is 6. The molecule has 6 nitrogen and oxygen atoms in total. The van der Waals surface area contributed by atoms with E-state index in [1.54, 1.807) is 70.2 Å². The largest absolute Gasteiger partial charge is 0.469 e. The fourth-order valence-corrected chi connectivity index (χ4v) is 2.70. The number of methoxy groups -OCH3 is 1. The van der Waals surface area contributed by atoms with Gasteiger partial charge in [-0.3, -0.25) is 14.4 Å². The van der Waals surface area contributed by atoms with Crippen LogP contribution in [-0.4, -0.2) is 30.4 Å². The Hall–Kier alpha value is -3.15. The Labute approximate surface area is 171 Å². The van der Waals surface area contributed by atoms with Gasteiger partial charge in [0.25, 0.3) is 11.8 Å². The molecule has 29 heavy (non-hydrogen) atoms. The summed E-state index contributed by atoms with van der Waals surface area (Å²) in [5, 5.41) is 5.76. The van der Waals surface area contributed by atoms with Crippen molar-refractivity contribution in [2.24, 2.45) is 5.41 Å². The molecule has 0 unspecified atom stereocenters. The van der Waals surface area contributed by atoms with Gasteiger partial charge in [0.2, 0.25) is 0 Å². The molecule has 0 spiro atoms. The van der Waals surface area contributed by atoms with Gasteiger partial charge in [-0.25, -0.2) is 0 Å². The average molecular weight is 396 g/mol. The summed E-state index contributed by atoms with van der Waals surface area (Å²) in [6.07, 6.45) is 0. The molecule has 6 heteroatoms. The molecule has 0 radical (unpaired) electrons. The number of esters is 1. The van der Waals surface area contributed by atoms with Crippen LogP contribution in [0, 0.1) is 12.3 Å². The van der Waals surface area contributed by atoms with Crippen molar-refractivity contribution in [3.05, 3.63) is 65.2 Å². The second kappa shape index (κ2) is 8.47. The van der Waals surface area contributed by atoms with Crippen molar-refractivity contribution >= 4 is 23.5 Å². The van der Waals surface area contributed by atoms with Crippen LogP contribution in [-0.2, 0) is 9.53 Å². The zero-order valence-corrected chi connectivity index (χ0v) is 17.8. The van der Waals surface area contributed by atoms with E-state index in [2.05, 4.69) is 10.6 Å². The Kier molecular flexibility index (Phi) is 6.47. The molecule has 0 aromatic heterocycles. The van der Waals surface area contributed by atoms with Crippen molar-refractivity contribution in [2.45, 2.75) is 40.2 Å². The molecule has 2 rings (SSSR count). The fraction of sp³-hybridized carbons (Fsp3) is 0.348. The van der Waals surface area contributed by atoms with Crippen LogP contribution < -0.4 is 10.6 Å². The Balaban J connectivity index is 2.23. The maximum atomic E-state index is 12.9. The SMILES string of the molecule is COC(=O)C(C)(C)C(C)(C)NC(=O)c1ccc(C)c(NC(=O)c2ccccc2)c1. The number of aryl methyl sites for hydroxylation is 1. The first-order valence-electron chi connectivity index (χ1n) is 9.37. The minimum atomic E-state index is -0.938. The highest BCUT2D eigenvalue weighted by Gasteiger charge is 2.45. The van der Waals surface area contributed by atoms with Crippen LogP contribution in [0.2, 0.25) is 0 Å². The monoisotopic (exact) mass is 396 g/mol. The average Bonchev–Trinajstić information content (AvgIpc) is 2.68. The van der Waals surface area contributed by atoms with Crippen molar-refractivity contribution in [3.63, 3.8) is 0 Å². The van der Waals surface area contributed by atoms with Crippen LogP contribution >= 0.6 is 0 Å². The molecule has 0 saturated heterocycles. The lowest BCUT2D eigenvalue weighted by atomic mass is 9.74. The van der Waals surface area contributed by atoms with Crippen LogP contribution in [0.25, 0.3) is 0 Å². The number of anilines is 1. The number of amides is 2. The first kappa shape index (κ1) is 22.1. The molecule has 2 N–H and O–H groups in total. The van der Waals surface area contributed by atoms with Gasteiger partial charge in [-0.05, 0) is 64.4 Å². The lowest BCUT2D eigenvalue weighted by molar-refractivity contribution is -0.154. The Morgan fingerprint density at radius 2 is 1.48 bits per heavy atom. The van der Waals surface area contributed by atoms with E-state index in [0.29, 0.717) is 16.8 Å². The summed E-state index contributed by atoms with van der Waals surface area (Å²) in [6, 6.07) is 13.9. The zero-order chi connectivity index (χ0) is 21.8. The number of carbonyl (C=O) groups excluding carboxylic acids is 3. The van der Waals surface area contributed by atoms with E-state index < -0.39 is 16.9 Å². The van der Waals surface area contributed by atoms with Gasteiger partial charge in [0.15, 0.2) is 0 Å². The van der Waals surface area contributed by atoms with Gasteiger partial charge in [0.05, 0.1) is 18.1 Å². The number of hydrogen-bond acceptors (Lipinski definition) is 4. The molecule has 2 amide bonds. The number of benzene rings is 2. The Bertz CT molecular complexity index is 918. The maximum Gasteiger partial charge on any atom is 0.313 e. The smallest absolute Gasteiger partial charge is 0.313 e. The van der Waals surface area contributed by atoms with Crippen LogP contribution in [0.5, 0.6) is 0 Å². The summed E-state index contributed by atoms with van der Waals surface area (Å²) < 4.78 is 4.87. The quantitative estimate of drug-likeness (QED) is 0.724. The highest BCUT2D eigenvalue weighted by atomic mass is 16.5. The summed E-state index contributed by atoms with van der Waals surface area (Å²) in [5.74, 6) is -1.01. The summed E-state index contributed by atoms with van der Waals surface area (Å²) in [4.78, 5) is 37.4. The van der Waals surface area contributed by atoms with Gasteiger partial charge >= 0.3 is 5.97 Å². The Morgan fingerprint density at radius 3 is 2.07 bits per heavy atom. The number of ether oxygens (including phenoxy) is 1. The van der Waals surface area contributed by atoms with Crippen molar-refractivity contribution in [3.8, 4) is 0 Å². The number of hydrogen-bond donors (Lipinski definition) is 2. The lowest BCUT2D eigenvalue weighted by Crippen LogP contribution is -2.57. The van der Waals surface area contributed by atoms with Crippen LogP contribution in [0.1, 0.15) is 54.0 Å². The fourth-order valence-electron chi connectivity index (χ4n) is 2.70. The minimum Gasteiger partial charge on any atom is -0.469 e. The standard InChI is InChI=1S/C23H28N2O4/c1-15-12-13-17(14-18(15)24-19(26)16-10-8-7-9-11-16)20(27)25-23(4,5)22(2,3)21(28)29-6/h7-14H,1-6H3,(H,24,26)(H,25,27). The second-order valence-corrected chi connectivity index (χ2v) is 8.05. The summed E-state index contributed by atoms with van der Waals surface area (Å²) >= 11 is 0. The van der Waals surface area contributed by atoms with E-state index in [1.807, 2.05) is 13.0 Å². The molecule has 0 fully saturated rings. The van der Waals surface area contributed by atoms with E-state index in [4.69, 9.17) is 4.74 Å². The van der Waals surface area contributed by atoms with Crippen molar-refractivity contribution in [1.82, 2.24) is 5.32 Å². The van der Waals surface area contributed by atoms with Crippen molar-refractivity contribution in [1.29, 1.82) is 0 Å². The van der Waals surface area contributed by atoms with Crippen LogP contribution in [0.15, 0.2) is 48.5 Å². The first-order valence-corrected chi connectivity index (χ1v) is 9.37. The van der Waals surface area contributed by atoms with Gasteiger partial charge in [0, 0.05) is 16.8 Å². The van der Waals surface area contributed by atoms with Gasteiger partial charge < -0.3 is 15.4 Å². The zero-order valence-electron chi connectivity index (χ0n) is 17.8. The molecule has 0 aliphatic heterocycles. The molecule has 0 saturated carbocycles. The lowest BCUT2D eigenvalue weighted by Gasteiger charge is -2.39. The number of carbonyl (C=O) groups is 3. The normalized spacial score (nSPS) is 11.5. The van der Waals surface area contributed by atoms with Crippen LogP contribution in [0.4, 0.5) is 5.69 Å². The van der Waals surface area contributed by atoms with Crippen molar-refractivity contribution < 1.29 is 19.1 Å². The molecule has 2 aromatic rings. The van der Waals surface area contributed by atoms with E-state index >= 15 is 0 Å². The molecule has 0 heterocycles. The third-order valence-corrected chi connectivity index (χ3v) is 5.47. The van der Waals surface area contributed by atoms with E-state index in [0.717, 1.165) is 5.56 Å². The highest BCUT2D eigenvalue weighted by molar-refractivity contribution is 6.05. The molecule has 0 atom stereocenters. The molecule has 0 aliphatic carbocycles. The van der Waals surface area contributed by atoms with E-state index in [9.17, 15) is 14.4 Å². The van der Waals surface area contributed by atoms with Gasteiger partial charge in [-0.15, -0.1) is 0 Å². The van der Waals surface area contributed by atoms with E-state index in [-0.39, 0.29) is 11.8 Å². The van der Waals surface area contributed by atoms with E-state index in [1.165, 1.54) is 7.11 Å². The summed E-state index contributed by atoms with van der Waals surface area (Å²) in [7, 11) is 1.32. The van der Waals surface area contributed by atoms with Crippen molar-refractivity contribution in [2.75, 3.05) is 12.4 Å². The third kappa shape index (κ3) is 4.83. The molecular formula is C23H28N2O4. The van der Waals surface area contributed by atoms with Gasteiger partial charge in [0.1, 0.15) is 0 Å². The second-order valence-electron chi connectivity index (χ2n) is 8.05. The summed E-state index contributed by atoms with van der Waals surface area (Å²) in [5.41, 5.74) is 0.494. The molecule has 0 bridgehead atoms. The van der Waals surface area contributed by atoms with Crippen LogP contribution in [0.3, 0.4) is 0 Å². The summed E-state index contributed by atoms with van der Waals surface area (Å²) in [6.45, 7) is 8.84. The highest BCUT2D eigenvalue weighted by Crippen LogP contribution is 2.32. The first-order chi connectivity index (χ1) is 13.5. The minimum absolute atomic E-state index is 0.251. The molecule has 0 aliphatic rings. The predicted molar refractivity (Wildman–Crippen MR) is 113 cm³/mol. The Morgan fingerprint density at radius 1 is 0.862 bits per heavy atom. The molecular weight excluding hydrogens is 368 g/mol. The maximum absolute atomic E-state index is 12.9. The third-order valence-electron chi connectivity index (χ3n) is 5.47. The number of nitrogens with one attached hydrogen (secondary N) is 2. The van der Waals surface area contributed by atoms with Gasteiger partial charge in [-0.2, -0.15) is 0 Å². The molecule has 154 valence electrons. The predicted octanol–water partition coefficient (Wildman–Crippen LogP) is 3.95. The topological polar surface area (TPSA) is 84.5 Å². The molecule has 2 aromatic carbocycles. The van der Waals surface area contributed by atoms with Gasteiger partial charge in [-0.1, -0.05) is 24.3 Å².